The number of nitrogens with two attached hydrogens (primary N) is 1. The second kappa shape index (κ2) is 3.84. The number of nitriles is 1. The molecule has 0 bridgehead atoms. The van der Waals surface area contributed by atoms with Crippen LogP contribution in [-0.2, 0) is 0 Å². The highest BCUT2D eigenvalue weighted by Gasteiger charge is 1.97. The van der Waals surface area contributed by atoms with Gasteiger partial charge in [-0.05, 0) is 18.2 Å². The van der Waals surface area contributed by atoms with Crippen LogP contribution in [0.5, 0.6) is 0 Å². The van der Waals surface area contributed by atoms with Gasteiger partial charge in [-0.25, -0.2) is 0 Å². The van der Waals surface area contributed by atoms with E-state index in [2.05, 4.69) is 5.32 Å². The normalized spacial score (nSPS) is 9.00. The number of nitrogen functional groups attached to an aromatic ring is 1. The van der Waals surface area contributed by atoms with Crippen molar-refractivity contribution in [2.45, 2.75) is 0 Å². The molecule has 0 atom stereocenters. The van der Waals surface area contributed by atoms with E-state index in [4.69, 9.17) is 22.6 Å². The third-order valence-electron chi connectivity index (χ3n) is 1.37. The summed E-state index contributed by atoms with van der Waals surface area (Å²) in [6.07, 6.45) is 0. The molecule has 1 aromatic carbocycles. The number of benzene rings is 1. The van der Waals surface area contributed by atoms with Crippen molar-refractivity contribution in [2.75, 3.05) is 17.6 Å². The van der Waals surface area contributed by atoms with Gasteiger partial charge >= 0.3 is 0 Å². The van der Waals surface area contributed by atoms with Crippen LogP contribution in [0, 0.1) is 11.3 Å². The Labute approximate surface area is 75.7 Å². The lowest BCUT2D eigenvalue weighted by molar-refractivity contribution is 1.32. The SMILES string of the molecule is N#CCNc1ccc(Cl)cc1N. The molecule has 0 saturated heterocycles. The Hall–Kier alpha value is -1.40. The quantitative estimate of drug-likeness (QED) is 0.541. The maximum Gasteiger partial charge on any atom is 0.103 e. The molecular formula is C8H8ClN3. The standard InChI is InChI=1S/C8H8ClN3/c9-6-1-2-8(7(11)5-6)12-4-3-10/h1-2,5,12H,4,11H2. The van der Waals surface area contributed by atoms with Gasteiger partial charge in [-0.3, -0.25) is 0 Å². The first-order valence-electron chi connectivity index (χ1n) is 3.40. The van der Waals surface area contributed by atoms with E-state index in [0.29, 0.717) is 10.7 Å². The smallest absolute Gasteiger partial charge is 0.103 e. The zero-order chi connectivity index (χ0) is 8.97. The van der Waals surface area contributed by atoms with E-state index < -0.39 is 0 Å². The molecule has 0 aromatic heterocycles. The minimum atomic E-state index is 0.242. The zero-order valence-corrected chi connectivity index (χ0v) is 7.10. The van der Waals surface area contributed by atoms with Gasteiger partial charge in [0.15, 0.2) is 0 Å². The molecule has 1 aromatic rings. The lowest BCUT2D eigenvalue weighted by Crippen LogP contribution is -2.01. The Morgan fingerprint density at radius 1 is 1.58 bits per heavy atom. The highest BCUT2D eigenvalue weighted by atomic mass is 35.5. The molecule has 0 spiro atoms. The van der Waals surface area contributed by atoms with Crippen LogP contribution in [0.3, 0.4) is 0 Å². The van der Waals surface area contributed by atoms with Crippen molar-refractivity contribution in [3.8, 4) is 6.07 Å². The fourth-order valence-electron chi connectivity index (χ4n) is 0.829. The van der Waals surface area contributed by atoms with Crippen LogP contribution in [-0.4, -0.2) is 6.54 Å². The van der Waals surface area contributed by atoms with Crippen LogP contribution in [0.4, 0.5) is 11.4 Å². The van der Waals surface area contributed by atoms with Gasteiger partial charge in [-0.15, -0.1) is 0 Å². The van der Waals surface area contributed by atoms with Crippen molar-refractivity contribution in [3.05, 3.63) is 23.2 Å². The fraction of sp³-hybridized carbons (Fsp3) is 0.125. The zero-order valence-electron chi connectivity index (χ0n) is 6.34. The summed E-state index contributed by atoms with van der Waals surface area (Å²) in [5, 5.41) is 11.7. The number of anilines is 2. The molecule has 0 fully saturated rings. The van der Waals surface area contributed by atoms with Gasteiger partial charge in [-0.1, -0.05) is 11.6 Å². The van der Waals surface area contributed by atoms with Crippen molar-refractivity contribution < 1.29 is 0 Å². The number of rotatable bonds is 2. The summed E-state index contributed by atoms with van der Waals surface area (Å²) in [6.45, 7) is 0.242. The third kappa shape index (κ3) is 2.04. The number of nitrogens with one attached hydrogen (secondary N) is 1. The average molecular weight is 182 g/mol. The monoisotopic (exact) mass is 181 g/mol. The summed E-state index contributed by atoms with van der Waals surface area (Å²) >= 11 is 5.68. The molecule has 1 rings (SSSR count). The molecule has 0 heterocycles. The summed E-state index contributed by atoms with van der Waals surface area (Å²) in [7, 11) is 0. The highest BCUT2D eigenvalue weighted by Crippen LogP contribution is 2.21. The number of halogens is 1. The van der Waals surface area contributed by atoms with E-state index >= 15 is 0 Å². The van der Waals surface area contributed by atoms with Gasteiger partial charge in [0, 0.05) is 5.02 Å². The first-order valence-corrected chi connectivity index (χ1v) is 3.77. The summed E-state index contributed by atoms with van der Waals surface area (Å²) in [5.74, 6) is 0. The van der Waals surface area contributed by atoms with E-state index in [-0.39, 0.29) is 6.54 Å². The molecule has 0 radical (unpaired) electrons. The molecule has 0 aliphatic heterocycles. The second-order valence-corrected chi connectivity index (χ2v) is 2.68. The van der Waals surface area contributed by atoms with Crippen LogP contribution >= 0.6 is 11.6 Å². The van der Waals surface area contributed by atoms with Crippen LogP contribution in [0.1, 0.15) is 0 Å². The lowest BCUT2D eigenvalue weighted by atomic mass is 10.2. The Kier molecular flexibility index (Phi) is 2.78. The minimum Gasteiger partial charge on any atom is -0.397 e. The Balaban J connectivity index is 2.81. The molecule has 0 aliphatic rings. The number of hydrogen-bond acceptors (Lipinski definition) is 3. The third-order valence-corrected chi connectivity index (χ3v) is 1.61. The maximum absolute atomic E-state index is 8.29. The summed E-state index contributed by atoms with van der Waals surface area (Å²) < 4.78 is 0. The van der Waals surface area contributed by atoms with Gasteiger partial charge in [0.05, 0.1) is 17.4 Å². The van der Waals surface area contributed by atoms with E-state index in [1.54, 1.807) is 18.2 Å². The van der Waals surface area contributed by atoms with E-state index in [0.717, 1.165) is 5.69 Å². The van der Waals surface area contributed by atoms with Crippen LogP contribution in [0.15, 0.2) is 18.2 Å². The van der Waals surface area contributed by atoms with E-state index in [1.165, 1.54) is 0 Å². The topological polar surface area (TPSA) is 61.8 Å². The Morgan fingerprint density at radius 3 is 2.92 bits per heavy atom. The second-order valence-electron chi connectivity index (χ2n) is 2.24. The van der Waals surface area contributed by atoms with Crippen molar-refractivity contribution in [1.82, 2.24) is 0 Å². The fourth-order valence-corrected chi connectivity index (χ4v) is 1.01. The Morgan fingerprint density at radius 2 is 2.33 bits per heavy atom. The average Bonchev–Trinajstić information content (AvgIpc) is 2.03. The predicted molar refractivity (Wildman–Crippen MR) is 50.0 cm³/mol. The first-order chi connectivity index (χ1) is 5.74. The van der Waals surface area contributed by atoms with Gasteiger partial charge in [0.2, 0.25) is 0 Å². The number of nitrogens with zero attached hydrogens (tertiary/aromatic N) is 1. The van der Waals surface area contributed by atoms with Crippen molar-refractivity contribution in [3.63, 3.8) is 0 Å². The maximum atomic E-state index is 8.29. The summed E-state index contributed by atoms with van der Waals surface area (Å²) in [5.41, 5.74) is 6.90. The highest BCUT2D eigenvalue weighted by molar-refractivity contribution is 6.31. The van der Waals surface area contributed by atoms with Crippen molar-refractivity contribution in [2.24, 2.45) is 0 Å². The molecule has 0 saturated carbocycles. The first kappa shape index (κ1) is 8.69. The van der Waals surface area contributed by atoms with Gasteiger partial charge in [0.1, 0.15) is 6.54 Å². The summed E-state index contributed by atoms with van der Waals surface area (Å²) in [6, 6.07) is 7.06. The lowest BCUT2D eigenvalue weighted by Gasteiger charge is -2.05. The van der Waals surface area contributed by atoms with Crippen LogP contribution in [0.25, 0.3) is 0 Å². The van der Waals surface area contributed by atoms with Crippen molar-refractivity contribution >= 4 is 23.0 Å². The molecular weight excluding hydrogens is 174 g/mol. The van der Waals surface area contributed by atoms with Gasteiger partial charge in [-0.2, -0.15) is 5.26 Å². The van der Waals surface area contributed by atoms with Crippen molar-refractivity contribution in [1.29, 1.82) is 5.26 Å². The molecule has 0 aliphatic carbocycles. The van der Waals surface area contributed by atoms with Crippen LogP contribution < -0.4 is 11.1 Å². The molecule has 4 heteroatoms. The minimum absolute atomic E-state index is 0.242. The summed E-state index contributed by atoms with van der Waals surface area (Å²) in [4.78, 5) is 0. The molecule has 3 N–H and O–H groups in total. The molecule has 62 valence electrons. The van der Waals surface area contributed by atoms with E-state index in [1.807, 2.05) is 6.07 Å². The molecule has 0 unspecified atom stereocenters. The van der Waals surface area contributed by atoms with Crippen LogP contribution in [0.2, 0.25) is 5.02 Å². The largest absolute Gasteiger partial charge is 0.397 e. The molecule has 3 nitrogen and oxygen atoms in total. The number of hydrogen-bond donors (Lipinski definition) is 2. The molecule has 0 amide bonds. The van der Waals surface area contributed by atoms with Gasteiger partial charge in [0.25, 0.3) is 0 Å². The van der Waals surface area contributed by atoms with E-state index in [9.17, 15) is 0 Å². The Bertz CT molecular complexity index is 317. The van der Waals surface area contributed by atoms with Gasteiger partial charge < -0.3 is 11.1 Å². The predicted octanol–water partition coefficient (Wildman–Crippen LogP) is 1.86. The molecule has 12 heavy (non-hydrogen) atoms.